The molecule has 116 valence electrons. The van der Waals surface area contributed by atoms with E-state index in [1.165, 1.54) is 12.1 Å². The Balaban J connectivity index is 2.02. The van der Waals surface area contributed by atoms with Crippen molar-refractivity contribution in [3.8, 4) is 11.3 Å². The van der Waals surface area contributed by atoms with Crippen LogP contribution in [-0.4, -0.2) is 10.2 Å². The maximum Gasteiger partial charge on any atom is 0.269 e. The van der Waals surface area contributed by atoms with Crippen molar-refractivity contribution in [3.63, 3.8) is 0 Å². The van der Waals surface area contributed by atoms with Crippen LogP contribution in [0.2, 0.25) is 0 Å². The molecule has 3 aromatic rings. The number of nitrogens with two attached hydrogens (primary N) is 1. The Morgan fingerprint density at radius 2 is 1.74 bits per heavy atom. The zero-order valence-electron chi connectivity index (χ0n) is 12.6. The molecule has 4 nitrogen and oxygen atoms in total. The summed E-state index contributed by atoms with van der Waals surface area (Å²) in [4.78, 5) is 12.1. The van der Waals surface area contributed by atoms with Crippen molar-refractivity contribution in [2.75, 3.05) is 0 Å². The minimum atomic E-state index is -0.554. The Morgan fingerprint density at radius 3 is 2.39 bits per heavy atom. The first kappa shape index (κ1) is 15.1. The number of aromatic nitrogens is 2. The van der Waals surface area contributed by atoms with E-state index in [0.29, 0.717) is 16.8 Å². The molecule has 0 saturated carbocycles. The van der Waals surface area contributed by atoms with Gasteiger partial charge in [-0.3, -0.25) is 4.79 Å². The summed E-state index contributed by atoms with van der Waals surface area (Å²) in [6.45, 7) is 1.99. The molecule has 1 atom stereocenters. The summed E-state index contributed by atoms with van der Waals surface area (Å²) < 4.78 is 13.0. The molecule has 1 heterocycles. The van der Waals surface area contributed by atoms with Crippen molar-refractivity contribution >= 4 is 0 Å². The first-order chi connectivity index (χ1) is 11.0. The third-order valence-corrected chi connectivity index (χ3v) is 3.74. The summed E-state index contributed by atoms with van der Waals surface area (Å²) in [7, 11) is 0. The predicted molar refractivity (Wildman–Crippen MR) is 87.5 cm³/mol. The fourth-order valence-corrected chi connectivity index (χ4v) is 2.37. The fourth-order valence-electron chi connectivity index (χ4n) is 2.37. The molecule has 0 aliphatic rings. The second-order valence-corrected chi connectivity index (χ2v) is 5.43. The van der Waals surface area contributed by atoms with Crippen molar-refractivity contribution in [1.82, 2.24) is 10.2 Å². The SMILES string of the molecule is Cc1ccc(C(N)c2cc(-c3ccc(F)cc3)n[nH]c2=O)cc1. The molecule has 0 amide bonds. The number of nitrogens with zero attached hydrogens (tertiary/aromatic N) is 1. The van der Waals surface area contributed by atoms with Crippen LogP contribution in [0, 0.1) is 12.7 Å². The molecular formula is C18H16FN3O. The van der Waals surface area contributed by atoms with Gasteiger partial charge in [0.05, 0.1) is 11.7 Å². The molecule has 1 unspecified atom stereocenters. The first-order valence-electron chi connectivity index (χ1n) is 7.22. The van der Waals surface area contributed by atoms with Crippen LogP contribution in [0.15, 0.2) is 59.4 Å². The van der Waals surface area contributed by atoms with Crippen LogP contribution in [0.5, 0.6) is 0 Å². The lowest BCUT2D eigenvalue weighted by molar-refractivity contribution is 0.628. The van der Waals surface area contributed by atoms with E-state index in [1.807, 2.05) is 31.2 Å². The number of hydrogen-bond donors (Lipinski definition) is 2. The lowest BCUT2D eigenvalue weighted by Crippen LogP contribution is -2.23. The van der Waals surface area contributed by atoms with Gasteiger partial charge in [0.2, 0.25) is 0 Å². The molecule has 23 heavy (non-hydrogen) atoms. The van der Waals surface area contributed by atoms with Gasteiger partial charge in [0.15, 0.2) is 0 Å². The van der Waals surface area contributed by atoms with Crippen LogP contribution in [-0.2, 0) is 0 Å². The first-order valence-corrected chi connectivity index (χ1v) is 7.22. The van der Waals surface area contributed by atoms with E-state index in [1.54, 1.807) is 18.2 Å². The zero-order chi connectivity index (χ0) is 16.4. The number of nitrogens with one attached hydrogen (secondary N) is 1. The molecular weight excluding hydrogens is 293 g/mol. The van der Waals surface area contributed by atoms with Gasteiger partial charge in [-0.2, -0.15) is 5.10 Å². The Bertz CT molecular complexity index is 870. The van der Waals surface area contributed by atoms with Crippen LogP contribution >= 0.6 is 0 Å². The van der Waals surface area contributed by atoms with E-state index < -0.39 is 6.04 Å². The maximum absolute atomic E-state index is 13.0. The van der Waals surface area contributed by atoms with E-state index in [0.717, 1.165) is 11.1 Å². The van der Waals surface area contributed by atoms with Gasteiger partial charge in [-0.1, -0.05) is 29.8 Å². The molecule has 0 spiro atoms. The number of H-pyrrole nitrogens is 1. The molecule has 0 aliphatic carbocycles. The van der Waals surface area contributed by atoms with Crippen LogP contribution in [0.25, 0.3) is 11.3 Å². The van der Waals surface area contributed by atoms with Gasteiger partial charge in [-0.05, 0) is 42.8 Å². The summed E-state index contributed by atoms with van der Waals surface area (Å²) in [6, 6.07) is 14.7. The molecule has 3 N–H and O–H groups in total. The van der Waals surface area contributed by atoms with Crippen molar-refractivity contribution in [3.05, 3.63) is 87.5 Å². The van der Waals surface area contributed by atoms with E-state index in [-0.39, 0.29) is 11.4 Å². The van der Waals surface area contributed by atoms with Gasteiger partial charge < -0.3 is 5.73 Å². The molecule has 0 saturated heterocycles. The van der Waals surface area contributed by atoms with Crippen molar-refractivity contribution in [1.29, 1.82) is 0 Å². The standard InChI is InChI=1S/C18H16FN3O/c1-11-2-4-13(5-3-11)17(20)15-10-16(21-22-18(15)23)12-6-8-14(19)9-7-12/h2-10,17H,20H2,1H3,(H,22,23). The molecule has 0 radical (unpaired) electrons. The van der Waals surface area contributed by atoms with Gasteiger partial charge in [0.1, 0.15) is 5.82 Å². The third kappa shape index (κ3) is 3.19. The van der Waals surface area contributed by atoms with E-state index in [9.17, 15) is 9.18 Å². The highest BCUT2D eigenvalue weighted by Gasteiger charge is 2.15. The van der Waals surface area contributed by atoms with Crippen LogP contribution < -0.4 is 11.3 Å². The molecule has 1 aromatic heterocycles. The second kappa shape index (κ2) is 6.14. The number of benzene rings is 2. The normalized spacial score (nSPS) is 12.1. The topological polar surface area (TPSA) is 71.8 Å². The lowest BCUT2D eigenvalue weighted by Gasteiger charge is -2.13. The monoisotopic (exact) mass is 309 g/mol. The van der Waals surface area contributed by atoms with Crippen molar-refractivity contribution < 1.29 is 4.39 Å². The minimum Gasteiger partial charge on any atom is -0.320 e. The largest absolute Gasteiger partial charge is 0.320 e. The summed E-state index contributed by atoms with van der Waals surface area (Å²) in [5.41, 5.74) is 9.54. The van der Waals surface area contributed by atoms with Gasteiger partial charge in [-0.25, -0.2) is 9.49 Å². The molecule has 2 aromatic carbocycles. The summed E-state index contributed by atoms with van der Waals surface area (Å²) in [6.07, 6.45) is 0. The van der Waals surface area contributed by atoms with Gasteiger partial charge in [-0.15, -0.1) is 0 Å². The highest BCUT2D eigenvalue weighted by atomic mass is 19.1. The smallest absolute Gasteiger partial charge is 0.269 e. The Kier molecular flexibility index (Phi) is 4.04. The Labute approximate surface area is 132 Å². The van der Waals surface area contributed by atoms with Crippen LogP contribution in [0.1, 0.15) is 22.7 Å². The van der Waals surface area contributed by atoms with Crippen molar-refractivity contribution in [2.24, 2.45) is 5.73 Å². The van der Waals surface area contributed by atoms with E-state index in [2.05, 4.69) is 10.2 Å². The summed E-state index contributed by atoms with van der Waals surface area (Å²) in [5, 5.41) is 6.48. The molecule has 0 aliphatic heterocycles. The average molecular weight is 309 g/mol. The molecule has 3 rings (SSSR count). The fraction of sp³-hybridized carbons (Fsp3) is 0.111. The highest BCUT2D eigenvalue weighted by molar-refractivity contribution is 5.59. The summed E-state index contributed by atoms with van der Waals surface area (Å²) in [5.74, 6) is -0.324. The highest BCUT2D eigenvalue weighted by Crippen LogP contribution is 2.21. The second-order valence-electron chi connectivity index (χ2n) is 5.43. The number of hydrogen-bond acceptors (Lipinski definition) is 3. The predicted octanol–water partition coefficient (Wildman–Crippen LogP) is 2.93. The van der Waals surface area contributed by atoms with E-state index in [4.69, 9.17) is 5.73 Å². The number of rotatable bonds is 3. The van der Waals surface area contributed by atoms with E-state index >= 15 is 0 Å². The Morgan fingerprint density at radius 1 is 1.09 bits per heavy atom. The Hall–Kier alpha value is -2.79. The quantitative estimate of drug-likeness (QED) is 0.781. The minimum absolute atomic E-state index is 0.324. The summed E-state index contributed by atoms with van der Waals surface area (Å²) >= 11 is 0. The molecule has 5 heteroatoms. The lowest BCUT2D eigenvalue weighted by atomic mass is 9.99. The van der Waals surface area contributed by atoms with Crippen molar-refractivity contribution in [2.45, 2.75) is 13.0 Å². The molecule has 0 fully saturated rings. The van der Waals surface area contributed by atoms with Gasteiger partial charge >= 0.3 is 0 Å². The zero-order valence-corrected chi connectivity index (χ0v) is 12.6. The van der Waals surface area contributed by atoms with Gasteiger partial charge in [0, 0.05) is 11.1 Å². The van der Waals surface area contributed by atoms with Crippen LogP contribution in [0.3, 0.4) is 0 Å². The number of aromatic amines is 1. The number of halogens is 1. The maximum atomic E-state index is 13.0. The van der Waals surface area contributed by atoms with Gasteiger partial charge in [0.25, 0.3) is 5.56 Å². The number of aryl methyl sites for hydroxylation is 1. The third-order valence-electron chi connectivity index (χ3n) is 3.74. The molecule has 0 bridgehead atoms. The van der Waals surface area contributed by atoms with Crippen LogP contribution in [0.4, 0.5) is 4.39 Å². The average Bonchev–Trinajstić information content (AvgIpc) is 2.56.